The highest BCUT2D eigenvalue weighted by Gasteiger charge is 2.15. The summed E-state index contributed by atoms with van der Waals surface area (Å²) in [5.41, 5.74) is 2.34. The van der Waals surface area contributed by atoms with Gasteiger partial charge < -0.3 is 10.2 Å². The van der Waals surface area contributed by atoms with E-state index in [2.05, 4.69) is 4.98 Å². The van der Waals surface area contributed by atoms with Crippen molar-refractivity contribution in [2.75, 3.05) is 0 Å². The third kappa shape index (κ3) is 2.88. The molecule has 2 N–H and O–H groups in total. The molecule has 0 spiro atoms. The Kier molecular flexibility index (Phi) is 4.20. The first kappa shape index (κ1) is 13.9. The highest BCUT2D eigenvalue weighted by molar-refractivity contribution is 5.75. The van der Waals surface area contributed by atoms with Crippen LogP contribution < -0.4 is 0 Å². The first-order chi connectivity index (χ1) is 9.61. The van der Waals surface area contributed by atoms with Gasteiger partial charge in [-0.3, -0.25) is 0 Å². The second-order valence-electron chi connectivity index (χ2n) is 4.51. The van der Waals surface area contributed by atoms with Gasteiger partial charge in [0, 0.05) is 11.3 Å². The molecular formula is C17H17NO2. The van der Waals surface area contributed by atoms with Crippen molar-refractivity contribution in [2.24, 2.45) is 0 Å². The molecule has 0 saturated heterocycles. The van der Waals surface area contributed by atoms with Gasteiger partial charge in [0.1, 0.15) is 5.75 Å². The summed E-state index contributed by atoms with van der Waals surface area (Å²) in [4.78, 5) is 4.07. The Morgan fingerprint density at radius 1 is 0.800 bits per heavy atom. The molecule has 2 rings (SSSR count). The SMILES string of the molecule is Cc1nc(O)c(-c2ccccccccc2)c(O)c1C. The van der Waals surface area contributed by atoms with Crippen LogP contribution in [-0.2, 0) is 0 Å². The Labute approximate surface area is 118 Å². The Balaban J connectivity index is 2.72. The normalized spacial score (nSPS) is 9.90. The minimum atomic E-state index is -0.161. The fraction of sp³-hybridized carbons (Fsp3) is 0.118. The molecule has 0 radical (unpaired) electrons. The molecule has 1 aromatic heterocycles. The van der Waals surface area contributed by atoms with Crippen LogP contribution in [0.25, 0.3) is 11.1 Å². The van der Waals surface area contributed by atoms with Gasteiger partial charge in [-0.25, -0.2) is 4.98 Å². The van der Waals surface area contributed by atoms with Crippen LogP contribution in [0.15, 0.2) is 54.6 Å². The van der Waals surface area contributed by atoms with E-state index in [4.69, 9.17) is 0 Å². The number of aryl methyl sites for hydroxylation is 1. The van der Waals surface area contributed by atoms with Crippen molar-refractivity contribution >= 4 is 0 Å². The van der Waals surface area contributed by atoms with Gasteiger partial charge >= 0.3 is 0 Å². The highest BCUT2D eigenvalue weighted by Crippen LogP contribution is 2.38. The molecule has 0 aliphatic rings. The molecule has 0 fully saturated rings. The van der Waals surface area contributed by atoms with Crippen LogP contribution in [0, 0.1) is 13.8 Å². The lowest BCUT2D eigenvalue weighted by molar-refractivity contribution is 0.434. The van der Waals surface area contributed by atoms with E-state index in [1.54, 1.807) is 13.8 Å². The van der Waals surface area contributed by atoms with Gasteiger partial charge in [0.25, 0.3) is 0 Å². The summed E-state index contributed by atoms with van der Waals surface area (Å²) in [6.45, 7) is 3.53. The number of pyridine rings is 1. The smallest absolute Gasteiger partial charge is 0.222 e. The van der Waals surface area contributed by atoms with Crippen LogP contribution in [-0.4, -0.2) is 15.2 Å². The van der Waals surface area contributed by atoms with Crippen LogP contribution in [0.4, 0.5) is 0 Å². The number of rotatable bonds is 1. The Morgan fingerprint density at radius 2 is 1.30 bits per heavy atom. The van der Waals surface area contributed by atoms with Crippen LogP contribution in [0.5, 0.6) is 11.6 Å². The molecular weight excluding hydrogens is 250 g/mol. The first-order valence-corrected chi connectivity index (χ1v) is 6.39. The summed E-state index contributed by atoms with van der Waals surface area (Å²) in [7, 11) is 0. The maximum atomic E-state index is 10.3. The maximum Gasteiger partial charge on any atom is 0.222 e. The summed E-state index contributed by atoms with van der Waals surface area (Å²) in [6.07, 6.45) is 0. The highest BCUT2D eigenvalue weighted by atomic mass is 16.3. The van der Waals surface area contributed by atoms with Crippen LogP contribution in [0.2, 0.25) is 0 Å². The molecule has 102 valence electrons. The zero-order chi connectivity index (χ0) is 14.5. The van der Waals surface area contributed by atoms with Gasteiger partial charge in [-0.15, -0.1) is 0 Å². The predicted octanol–water partition coefficient (Wildman–Crippen LogP) is 3.90. The molecule has 0 amide bonds. The van der Waals surface area contributed by atoms with Crippen molar-refractivity contribution in [2.45, 2.75) is 13.8 Å². The lowest BCUT2D eigenvalue weighted by Gasteiger charge is -2.10. The Hall–Kier alpha value is -2.55. The van der Waals surface area contributed by atoms with E-state index in [1.807, 2.05) is 54.6 Å². The number of hydrogen-bond donors (Lipinski definition) is 2. The lowest BCUT2D eigenvalue weighted by Crippen LogP contribution is -1.91. The summed E-state index contributed by atoms with van der Waals surface area (Å²) in [6, 6.07) is 16.8. The quantitative estimate of drug-likeness (QED) is 0.823. The van der Waals surface area contributed by atoms with Crippen molar-refractivity contribution < 1.29 is 10.2 Å². The van der Waals surface area contributed by atoms with E-state index in [-0.39, 0.29) is 11.6 Å². The van der Waals surface area contributed by atoms with Gasteiger partial charge in [0.05, 0.1) is 5.56 Å². The molecule has 1 aromatic carbocycles. The van der Waals surface area contributed by atoms with E-state index in [0.29, 0.717) is 22.4 Å². The summed E-state index contributed by atoms with van der Waals surface area (Å²) < 4.78 is 0. The number of aromatic hydroxyl groups is 2. The summed E-state index contributed by atoms with van der Waals surface area (Å²) >= 11 is 0. The third-order valence-corrected chi connectivity index (χ3v) is 3.14. The first-order valence-electron chi connectivity index (χ1n) is 6.39. The van der Waals surface area contributed by atoms with Crippen molar-refractivity contribution in [3.8, 4) is 22.8 Å². The zero-order valence-corrected chi connectivity index (χ0v) is 11.5. The van der Waals surface area contributed by atoms with E-state index >= 15 is 0 Å². The van der Waals surface area contributed by atoms with Gasteiger partial charge in [0.2, 0.25) is 5.88 Å². The summed E-state index contributed by atoms with van der Waals surface area (Å²) in [5, 5.41) is 20.3. The molecule has 2 aromatic rings. The van der Waals surface area contributed by atoms with E-state index < -0.39 is 0 Å². The number of aromatic nitrogens is 1. The van der Waals surface area contributed by atoms with E-state index in [0.717, 1.165) is 0 Å². The molecule has 20 heavy (non-hydrogen) atoms. The van der Waals surface area contributed by atoms with Crippen molar-refractivity contribution in [1.29, 1.82) is 0 Å². The van der Waals surface area contributed by atoms with Gasteiger partial charge in [-0.1, -0.05) is 54.6 Å². The largest absolute Gasteiger partial charge is 0.507 e. The van der Waals surface area contributed by atoms with Gasteiger partial charge in [-0.2, -0.15) is 0 Å². The lowest BCUT2D eigenvalue weighted by atomic mass is 10.0. The number of hydrogen-bond acceptors (Lipinski definition) is 3. The maximum absolute atomic E-state index is 10.3. The molecule has 0 aliphatic carbocycles. The average Bonchev–Trinajstić information content (AvgIpc) is 2.43. The van der Waals surface area contributed by atoms with Crippen LogP contribution >= 0.6 is 0 Å². The average molecular weight is 267 g/mol. The standard InChI is InChI=1S/C17H17NO2/c1-12-13(2)18-17(20)15(16(12)19)14-10-8-6-4-3-5-7-9-11-14/h3-11H,1-2H3,(H2,18,19,20). The molecule has 3 nitrogen and oxygen atoms in total. The van der Waals surface area contributed by atoms with Crippen molar-refractivity contribution in [1.82, 2.24) is 4.98 Å². The molecule has 0 saturated carbocycles. The van der Waals surface area contributed by atoms with Crippen LogP contribution in [0.3, 0.4) is 0 Å². The molecule has 0 unspecified atom stereocenters. The van der Waals surface area contributed by atoms with Crippen molar-refractivity contribution in [3.05, 3.63) is 65.9 Å². The van der Waals surface area contributed by atoms with E-state index in [9.17, 15) is 10.2 Å². The van der Waals surface area contributed by atoms with Crippen LogP contribution in [0.1, 0.15) is 11.3 Å². The summed E-state index contributed by atoms with van der Waals surface area (Å²) in [5.74, 6) is -0.0950. The topological polar surface area (TPSA) is 53.4 Å². The molecule has 0 aliphatic heterocycles. The second-order valence-corrected chi connectivity index (χ2v) is 4.51. The second kappa shape index (κ2) is 6.06. The molecule has 0 atom stereocenters. The van der Waals surface area contributed by atoms with Gasteiger partial charge in [-0.05, 0) is 19.4 Å². The fourth-order valence-corrected chi connectivity index (χ4v) is 1.89. The minimum absolute atomic E-state index is 0.0656. The Morgan fingerprint density at radius 3 is 1.85 bits per heavy atom. The van der Waals surface area contributed by atoms with Crippen molar-refractivity contribution in [3.63, 3.8) is 0 Å². The minimum Gasteiger partial charge on any atom is -0.507 e. The van der Waals surface area contributed by atoms with E-state index in [1.165, 1.54) is 0 Å². The van der Waals surface area contributed by atoms with Gasteiger partial charge in [0.15, 0.2) is 0 Å². The number of nitrogens with zero attached hydrogens (tertiary/aromatic N) is 1. The Bertz CT molecular complexity index is 655. The monoisotopic (exact) mass is 267 g/mol. The molecule has 3 heteroatoms. The fourth-order valence-electron chi connectivity index (χ4n) is 1.89. The zero-order valence-electron chi connectivity index (χ0n) is 11.5. The molecule has 1 heterocycles. The predicted molar refractivity (Wildman–Crippen MR) is 80.1 cm³/mol. The third-order valence-electron chi connectivity index (χ3n) is 3.14. The molecule has 0 bridgehead atoms.